The fraction of sp³-hybridized carbons (Fsp3) is 1.00. The minimum Gasteiger partial charge on any atom is -0.364 e. The second-order valence-corrected chi connectivity index (χ2v) is 2.92. The fourth-order valence-corrected chi connectivity index (χ4v) is 0.609. The zero-order valence-corrected chi connectivity index (χ0v) is 6.83. The molecule has 0 N–H and O–H groups in total. The highest BCUT2D eigenvalue weighted by Crippen LogP contribution is 2.13. The molecule has 0 aromatic rings. The van der Waals surface area contributed by atoms with Crippen LogP contribution in [0.3, 0.4) is 0 Å². The zero-order chi connectivity index (χ0) is 7.98. The highest BCUT2D eigenvalue weighted by molar-refractivity contribution is 4.55. The maximum Gasteiger partial charge on any atom is 0.155 e. The summed E-state index contributed by atoms with van der Waals surface area (Å²) in [6.07, 6.45) is 0.906. The number of hydrogen-bond acceptors (Lipinski definition) is 3. The average Bonchev–Trinajstić information content (AvgIpc) is 1.88. The van der Waals surface area contributed by atoms with Crippen molar-refractivity contribution in [1.29, 1.82) is 0 Å². The van der Waals surface area contributed by atoms with E-state index < -0.39 is 0 Å². The van der Waals surface area contributed by atoms with Crippen LogP contribution in [0.2, 0.25) is 0 Å². The van der Waals surface area contributed by atoms with Crippen molar-refractivity contribution in [2.45, 2.75) is 27.2 Å². The van der Waals surface area contributed by atoms with Crippen molar-refractivity contribution in [2.24, 2.45) is 17.2 Å². The maximum atomic E-state index is 9.48. The number of hydrogen-bond donors (Lipinski definition) is 0. The predicted octanol–water partition coefficient (Wildman–Crippen LogP) is 2.37. The minimum atomic E-state index is 0.447. The molecule has 1 atom stereocenters. The summed E-state index contributed by atoms with van der Waals surface area (Å²) in [5.41, 5.74) is 0. The normalized spacial score (nSPS) is 13.2. The van der Waals surface area contributed by atoms with Gasteiger partial charge < -0.3 is 4.84 Å². The Morgan fingerprint density at radius 2 is 2.00 bits per heavy atom. The summed E-state index contributed by atoms with van der Waals surface area (Å²) in [6, 6.07) is 0. The van der Waals surface area contributed by atoms with E-state index in [-0.39, 0.29) is 0 Å². The zero-order valence-electron chi connectivity index (χ0n) is 6.83. The van der Waals surface area contributed by atoms with Crippen LogP contribution in [0.15, 0.2) is 5.34 Å². The molecule has 0 bridgehead atoms. The molecular weight excluding hydrogens is 130 g/mol. The number of rotatable bonds is 5. The van der Waals surface area contributed by atoms with Gasteiger partial charge in [0, 0.05) is 0 Å². The summed E-state index contributed by atoms with van der Waals surface area (Å²) in [6.45, 7) is 6.89. The monoisotopic (exact) mass is 145 g/mol. The Kier molecular flexibility index (Phi) is 4.89. The molecule has 3 nitrogen and oxygen atoms in total. The summed E-state index contributed by atoms with van der Waals surface area (Å²) < 4.78 is 0. The predicted molar refractivity (Wildman–Crippen MR) is 40.4 cm³/mol. The molecule has 0 rings (SSSR count). The molecule has 0 aliphatic heterocycles. The Labute approximate surface area is 61.7 Å². The summed E-state index contributed by atoms with van der Waals surface area (Å²) in [5.74, 6) is 1.25. The highest BCUT2D eigenvalue weighted by Gasteiger charge is 2.06. The van der Waals surface area contributed by atoms with Gasteiger partial charge in [-0.3, -0.25) is 0 Å². The van der Waals surface area contributed by atoms with Gasteiger partial charge in [-0.25, -0.2) is 0 Å². The lowest BCUT2D eigenvalue weighted by atomic mass is 9.95. The first-order valence-corrected chi connectivity index (χ1v) is 3.63. The Balaban J connectivity index is 3.21. The van der Waals surface area contributed by atoms with Crippen LogP contribution in [0.5, 0.6) is 0 Å². The van der Waals surface area contributed by atoms with Gasteiger partial charge in [0.05, 0.1) is 0 Å². The van der Waals surface area contributed by atoms with Crippen molar-refractivity contribution in [1.82, 2.24) is 0 Å². The van der Waals surface area contributed by atoms with E-state index >= 15 is 0 Å². The van der Waals surface area contributed by atoms with E-state index in [0.29, 0.717) is 18.4 Å². The van der Waals surface area contributed by atoms with Gasteiger partial charge in [0.15, 0.2) is 5.34 Å². The quantitative estimate of drug-likeness (QED) is 0.338. The van der Waals surface area contributed by atoms with Gasteiger partial charge in [-0.05, 0) is 18.3 Å². The van der Waals surface area contributed by atoms with E-state index in [9.17, 15) is 4.91 Å². The van der Waals surface area contributed by atoms with Gasteiger partial charge in [-0.2, -0.15) is 0 Å². The van der Waals surface area contributed by atoms with E-state index in [0.717, 1.165) is 6.42 Å². The molecule has 1 unspecified atom stereocenters. The largest absolute Gasteiger partial charge is 0.364 e. The molecule has 0 saturated heterocycles. The van der Waals surface area contributed by atoms with Crippen LogP contribution < -0.4 is 0 Å². The van der Waals surface area contributed by atoms with E-state index in [1.54, 1.807) is 0 Å². The Morgan fingerprint density at radius 1 is 1.40 bits per heavy atom. The summed E-state index contributed by atoms with van der Waals surface area (Å²) in [4.78, 5) is 13.8. The van der Waals surface area contributed by atoms with Crippen molar-refractivity contribution in [2.75, 3.05) is 6.61 Å². The molecule has 3 heteroatoms. The van der Waals surface area contributed by atoms with E-state index in [1.165, 1.54) is 0 Å². The molecular formula is C7H15NO2. The van der Waals surface area contributed by atoms with Gasteiger partial charge in [-0.1, -0.05) is 20.8 Å². The lowest BCUT2D eigenvalue weighted by Crippen LogP contribution is -2.06. The lowest BCUT2D eigenvalue weighted by Gasteiger charge is -2.12. The SMILES string of the molecule is CC(C)C(C)CCON=O. The van der Waals surface area contributed by atoms with E-state index in [1.807, 2.05) is 0 Å². The second kappa shape index (κ2) is 5.21. The van der Waals surface area contributed by atoms with Crippen LogP contribution in [0.1, 0.15) is 27.2 Å². The Morgan fingerprint density at radius 3 is 2.40 bits per heavy atom. The third kappa shape index (κ3) is 4.30. The smallest absolute Gasteiger partial charge is 0.155 e. The maximum absolute atomic E-state index is 9.48. The molecule has 0 aromatic carbocycles. The molecule has 0 amide bonds. The molecule has 0 radical (unpaired) electrons. The molecule has 0 fully saturated rings. The molecule has 0 saturated carbocycles. The van der Waals surface area contributed by atoms with Crippen LogP contribution in [-0.4, -0.2) is 6.61 Å². The van der Waals surface area contributed by atoms with E-state index in [4.69, 9.17) is 0 Å². The van der Waals surface area contributed by atoms with E-state index in [2.05, 4.69) is 30.9 Å². The molecule has 10 heavy (non-hydrogen) atoms. The van der Waals surface area contributed by atoms with Gasteiger partial charge >= 0.3 is 0 Å². The van der Waals surface area contributed by atoms with Crippen molar-refractivity contribution < 1.29 is 4.84 Å². The Bertz CT molecular complexity index is 93.6. The highest BCUT2D eigenvalue weighted by atomic mass is 16.7. The van der Waals surface area contributed by atoms with Gasteiger partial charge in [0.1, 0.15) is 6.61 Å². The summed E-state index contributed by atoms with van der Waals surface area (Å²) in [5, 5.41) is 2.32. The summed E-state index contributed by atoms with van der Waals surface area (Å²) in [7, 11) is 0. The van der Waals surface area contributed by atoms with Crippen molar-refractivity contribution in [3.05, 3.63) is 4.91 Å². The number of nitrogens with zero attached hydrogens (tertiary/aromatic N) is 1. The first-order chi connectivity index (χ1) is 4.68. The van der Waals surface area contributed by atoms with Crippen LogP contribution >= 0.6 is 0 Å². The molecule has 0 aliphatic carbocycles. The third-order valence-corrected chi connectivity index (χ3v) is 1.86. The van der Waals surface area contributed by atoms with Gasteiger partial charge in [0.25, 0.3) is 0 Å². The average molecular weight is 145 g/mol. The minimum absolute atomic E-state index is 0.447. The van der Waals surface area contributed by atoms with Crippen molar-refractivity contribution in [3.63, 3.8) is 0 Å². The molecule has 0 aromatic heterocycles. The molecule has 0 spiro atoms. The Hall–Kier alpha value is -0.600. The van der Waals surface area contributed by atoms with Crippen LogP contribution in [0.4, 0.5) is 0 Å². The first kappa shape index (κ1) is 9.40. The second-order valence-electron chi connectivity index (χ2n) is 2.92. The van der Waals surface area contributed by atoms with Crippen molar-refractivity contribution >= 4 is 0 Å². The van der Waals surface area contributed by atoms with Gasteiger partial charge in [0.2, 0.25) is 0 Å². The third-order valence-electron chi connectivity index (χ3n) is 1.86. The van der Waals surface area contributed by atoms with Crippen LogP contribution in [-0.2, 0) is 4.84 Å². The molecule has 60 valence electrons. The first-order valence-electron chi connectivity index (χ1n) is 3.63. The topological polar surface area (TPSA) is 38.7 Å². The molecule has 0 heterocycles. The van der Waals surface area contributed by atoms with Crippen LogP contribution in [0.25, 0.3) is 0 Å². The van der Waals surface area contributed by atoms with Crippen molar-refractivity contribution in [3.8, 4) is 0 Å². The standard InChI is InChI=1S/C7H15NO2/c1-6(2)7(3)4-5-10-8-9/h6-7H,4-5H2,1-3H3. The lowest BCUT2D eigenvalue weighted by molar-refractivity contribution is 0.120. The fourth-order valence-electron chi connectivity index (χ4n) is 0.609. The van der Waals surface area contributed by atoms with Crippen LogP contribution in [0, 0.1) is 16.7 Å². The molecule has 0 aliphatic rings. The van der Waals surface area contributed by atoms with Gasteiger partial charge in [-0.15, -0.1) is 4.91 Å². The summed E-state index contributed by atoms with van der Waals surface area (Å²) >= 11 is 0.